The molecule has 0 N–H and O–H groups in total. The zero-order valence-electron chi connectivity index (χ0n) is 11.6. The summed E-state index contributed by atoms with van der Waals surface area (Å²) >= 11 is 0. The highest BCUT2D eigenvalue weighted by Gasteiger charge is 2.34. The highest BCUT2D eigenvalue weighted by molar-refractivity contribution is 5.81. The van der Waals surface area contributed by atoms with Crippen LogP contribution in [0.15, 0.2) is 0 Å². The maximum Gasteiger partial charge on any atom is 0.137 e. The molecule has 2 heteroatoms. The van der Waals surface area contributed by atoms with E-state index >= 15 is 0 Å². The van der Waals surface area contributed by atoms with Crippen LogP contribution in [0.2, 0.25) is 0 Å². The number of carbonyl (C=O) groups is 1. The Balaban J connectivity index is 1.84. The Morgan fingerprint density at radius 2 is 2.06 bits per heavy atom. The van der Waals surface area contributed by atoms with E-state index in [1.807, 2.05) is 0 Å². The summed E-state index contributed by atoms with van der Waals surface area (Å²) in [6.07, 6.45) is 7.12. The largest absolute Gasteiger partial charge is 0.303 e. The van der Waals surface area contributed by atoms with Crippen LogP contribution < -0.4 is 0 Å². The minimum Gasteiger partial charge on any atom is -0.303 e. The maximum absolute atomic E-state index is 12.0. The number of ketones is 1. The van der Waals surface area contributed by atoms with Crippen molar-refractivity contribution in [2.75, 3.05) is 13.6 Å². The van der Waals surface area contributed by atoms with Crippen LogP contribution in [0.25, 0.3) is 0 Å². The van der Waals surface area contributed by atoms with Crippen LogP contribution in [-0.4, -0.2) is 30.3 Å². The van der Waals surface area contributed by atoms with Gasteiger partial charge in [-0.2, -0.15) is 0 Å². The summed E-state index contributed by atoms with van der Waals surface area (Å²) in [4.78, 5) is 14.4. The molecule has 0 spiro atoms. The zero-order valence-corrected chi connectivity index (χ0v) is 11.6. The van der Waals surface area contributed by atoms with Gasteiger partial charge in [0.1, 0.15) is 5.78 Å². The third kappa shape index (κ3) is 3.31. The maximum atomic E-state index is 12.0. The Morgan fingerprint density at radius 3 is 2.65 bits per heavy atom. The highest BCUT2D eigenvalue weighted by Crippen LogP contribution is 2.36. The molecule has 0 aromatic carbocycles. The molecule has 17 heavy (non-hydrogen) atoms. The SMILES string of the molecule is CCC1CCC(=O)C(CN(C)C(C)C2CC2)C1. The lowest BCUT2D eigenvalue weighted by molar-refractivity contribution is -0.126. The number of hydrogen-bond donors (Lipinski definition) is 0. The van der Waals surface area contributed by atoms with E-state index in [4.69, 9.17) is 0 Å². The van der Waals surface area contributed by atoms with Gasteiger partial charge in [-0.15, -0.1) is 0 Å². The summed E-state index contributed by atoms with van der Waals surface area (Å²) in [5.41, 5.74) is 0. The third-order valence-electron chi connectivity index (χ3n) is 4.96. The van der Waals surface area contributed by atoms with Gasteiger partial charge in [-0.25, -0.2) is 0 Å². The lowest BCUT2D eigenvalue weighted by atomic mass is 9.79. The summed E-state index contributed by atoms with van der Waals surface area (Å²) < 4.78 is 0. The number of rotatable bonds is 5. The van der Waals surface area contributed by atoms with Gasteiger partial charge in [-0.3, -0.25) is 4.79 Å². The highest BCUT2D eigenvalue weighted by atomic mass is 16.1. The molecule has 2 aliphatic rings. The van der Waals surface area contributed by atoms with Crippen molar-refractivity contribution in [1.29, 1.82) is 0 Å². The third-order valence-corrected chi connectivity index (χ3v) is 4.96. The minimum absolute atomic E-state index is 0.319. The van der Waals surface area contributed by atoms with Crippen LogP contribution in [0.3, 0.4) is 0 Å². The molecule has 0 saturated heterocycles. The average molecular weight is 237 g/mol. The number of Topliss-reactive ketones (excluding diaryl/α,β-unsaturated/α-hetero) is 1. The smallest absolute Gasteiger partial charge is 0.137 e. The Bertz CT molecular complexity index is 272. The fourth-order valence-electron chi connectivity index (χ4n) is 3.20. The topological polar surface area (TPSA) is 20.3 Å². The summed E-state index contributed by atoms with van der Waals surface area (Å²) in [6.45, 7) is 5.57. The van der Waals surface area contributed by atoms with Crippen molar-refractivity contribution in [3.8, 4) is 0 Å². The van der Waals surface area contributed by atoms with Crippen molar-refractivity contribution in [1.82, 2.24) is 4.90 Å². The van der Waals surface area contributed by atoms with Crippen LogP contribution in [0.1, 0.15) is 52.4 Å². The quantitative estimate of drug-likeness (QED) is 0.732. The Hall–Kier alpha value is -0.370. The van der Waals surface area contributed by atoms with Crippen molar-refractivity contribution in [2.45, 2.75) is 58.4 Å². The van der Waals surface area contributed by atoms with Crippen LogP contribution in [0.4, 0.5) is 0 Å². The Labute approximate surface area is 106 Å². The van der Waals surface area contributed by atoms with Gasteiger partial charge in [0.05, 0.1) is 0 Å². The van der Waals surface area contributed by atoms with Crippen molar-refractivity contribution in [2.24, 2.45) is 17.8 Å². The molecule has 0 aromatic rings. The first-order valence-electron chi connectivity index (χ1n) is 7.34. The van der Waals surface area contributed by atoms with Gasteiger partial charge in [0.2, 0.25) is 0 Å². The second-order valence-corrected chi connectivity index (χ2v) is 6.23. The van der Waals surface area contributed by atoms with Crippen LogP contribution in [0, 0.1) is 17.8 Å². The van der Waals surface area contributed by atoms with Crippen LogP contribution >= 0.6 is 0 Å². The second kappa shape index (κ2) is 5.51. The van der Waals surface area contributed by atoms with Crippen LogP contribution in [-0.2, 0) is 4.79 Å². The van der Waals surface area contributed by atoms with Gasteiger partial charge in [-0.05, 0) is 51.5 Å². The molecule has 3 unspecified atom stereocenters. The van der Waals surface area contributed by atoms with Gasteiger partial charge in [-0.1, -0.05) is 13.3 Å². The van der Waals surface area contributed by atoms with E-state index in [0.29, 0.717) is 17.7 Å². The molecule has 0 aromatic heterocycles. The van der Waals surface area contributed by atoms with Crippen molar-refractivity contribution in [3.05, 3.63) is 0 Å². The van der Waals surface area contributed by atoms with Gasteiger partial charge in [0.15, 0.2) is 0 Å². The standard InChI is InChI=1S/C15H27NO/c1-4-12-5-8-15(17)14(9-12)10-16(3)11(2)13-6-7-13/h11-14H,4-10H2,1-3H3. The Kier molecular flexibility index (Phi) is 4.24. The summed E-state index contributed by atoms with van der Waals surface area (Å²) in [7, 11) is 2.20. The molecular weight excluding hydrogens is 210 g/mol. The lowest BCUT2D eigenvalue weighted by Crippen LogP contribution is -2.39. The first kappa shape index (κ1) is 13.1. The van der Waals surface area contributed by atoms with E-state index in [1.165, 1.54) is 19.3 Å². The molecule has 98 valence electrons. The van der Waals surface area contributed by atoms with Crippen LogP contribution in [0.5, 0.6) is 0 Å². The molecule has 0 amide bonds. The predicted octanol–water partition coefficient (Wildman–Crippen LogP) is 3.11. The molecule has 0 radical (unpaired) electrons. The molecule has 0 aliphatic heterocycles. The second-order valence-electron chi connectivity index (χ2n) is 6.23. The number of nitrogens with zero attached hydrogens (tertiary/aromatic N) is 1. The fraction of sp³-hybridized carbons (Fsp3) is 0.933. The molecular formula is C15H27NO. The van der Waals surface area contributed by atoms with Crippen molar-refractivity contribution < 1.29 is 4.79 Å². The lowest BCUT2D eigenvalue weighted by Gasteiger charge is -2.33. The molecule has 0 bridgehead atoms. The van der Waals surface area contributed by atoms with Gasteiger partial charge < -0.3 is 4.90 Å². The van der Waals surface area contributed by atoms with E-state index in [0.717, 1.165) is 37.6 Å². The average Bonchev–Trinajstić information content (AvgIpc) is 3.15. The van der Waals surface area contributed by atoms with E-state index in [2.05, 4.69) is 25.8 Å². The van der Waals surface area contributed by atoms with Crippen molar-refractivity contribution in [3.63, 3.8) is 0 Å². The molecule has 2 aliphatic carbocycles. The molecule has 0 heterocycles. The minimum atomic E-state index is 0.319. The molecule has 3 atom stereocenters. The Morgan fingerprint density at radius 1 is 1.35 bits per heavy atom. The summed E-state index contributed by atoms with van der Waals surface area (Å²) in [5, 5.41) is 0. The zero-order chi connectivity index (χ0) is 12.4. The predicted molar refractivity (Wildman–Crippen MR) is 70.9 cm³/mol. The van der Waals surface area contributed by atoms with E-state index in [9.17, 15) is 4.79 Å². The normalized spacial score (nSPS) is 31.9. The summed E-state index contributed by atoms with van der Waals surface area (Å²) in [5.74, 6) is 2.53. The fourth-order valence-corrected chi connectivity index (χ4v) is 3.20. The molecule has 2 saturated carbocycles. The first-order chi connectivity index (χ1) is 8.11. The number of carbonyl (C=O) groups excluding carboxylic acids is 1. The van der Waals surface area contributed by atoms with Gasteiger partial charge in [0, 0.05) is 24.9 Å². The van der Waals surface area contributed by atoms with E-state index in [1.54, 1.807) is 0 Å². The van der Waals surface area contributed by atoms with Gasteiger partial charge in [0.25, 0.3) is 0 Å². The van der Waals surface area contributed by atoms with Crippen molar-refractivity contribution >= 4 is 5.78 Å². The molecule has 2 fully saturated rings. The van der Waals surface area contributed by atoms with E-state index < -0.39 is 0 Å². The van der Waals surface area contributed by atoms with Gasteiger partial charge >= 0.3 is 0 Å². The monoisotopic (exact) mass is 237 g/mol. The number of hydrogen-bond acceptors (Lipinski definition) is 2. The molecule has 2 nitrogen and oxygen atoms in total. The summed E-state index contributed by atoms with van der Waals surface area (Å²) in [6, 6.07) is 0.671. The molecule has 2 rings (SSSR count). The van der Waals surface area contributed by atoms with E-state index in [-0.39, 0.29) is 0 Å². The first-order valence-corrected chi connectivity index (χ1v) is 7.34.